The van der Waals surface area contributed by atoms with E-state index in [1.165, 1.54) is 4.90 Å². The molecule has 0 fully saturated rings. The Balaban J connectivity index is 3.16. The monoisotopic (exact) mass is 234 g/mol. The number of nitrogens with zero attached hydrogens (tertiary/aromatic N) is 6. The second-order valence-corrected chi connectivity index (χ2v) is 3.47. The largest absolute Gasteiger partial charge is 0.298 e. The van der Waals surface area contributed by atoms with E-state index < -0.39 is 6.04 Å². The first-order chi connectivity index (χ1) is 8.15. The number of hydrogen-bond acceptors (Lipinski definition) is 4. The van der Waals surface area contributed by atoms with Crippen LogP contribution in [0.2, 0.25) is 0 Å². The molecule has 1 aliphatic rings. The molecular weight excluding hydrogens is 220 g/mol. The molecule has 0 aliphatic carbocycles. The van der Waals surface area contributed by atoms with Gasteiger partial charge in [-0.05, 0) is 32.0 Å². The molecule has 0 aromatic carbocycles. The molecule has 0 saturated heterocycles. The predicted octanol–water partition coefficient (Wildman–Crippen LogP) is 1.88. The third-order valence-electron chi connectivity index (χ3n) is 2.47. The van der Waals surface area contributed by atoms with Crippen molar-refractivity contribution < 1.29 is 4.79 Å². The minimum Gasteiger partial charge on any atom is -0.298 e. The van der Waals surface area contributed by atoms with Crippen LogP contribution in [0.3, 0.4) is 0 Å². The fourth-order valence-electron chi connectivity index (χ4n) is 1.68. The Kier molecular flexibility index (Phi) is 4.42. The second-order valence-electron chi connectivity index (χ2n) is 3.47. The van der Waals surface area contributed by atoms with E-state index in [0.29, 0.717) is 24.4 Å². The highest BCUT2D eigenvalue weighted by molar-refractivity contribution is 5.84. The maximum absolute atomic E-state index is 11.9. The number of azide groups is 1. The normalized spacial score (nSPS) is 21.4. The van der Waals surface area contributed by atoms with Crippen LogP contribution < -0.4 is 0 Å². The number of carbonyl (C=O) groups excluding carboxylic acids is 1. The molecule has 0 saturated carbocycles. The first-order valence-corrected chi connectivity index (χ1v) is 5.16. The molecule has 90 valence electrons. The van der Waals surface area contributed by atoms with Crippen molar-refractivity contribution in [2.24, 2.45) is 15.1 Å². The third kappa shape index (κ3) is 2.70. The van der Waals surface area contributed by atoms with Gasteiger partial charge in [-0.3, -0.25) is 14.7 Å². The minimum atomic E-state index is -0.702. The van der Waals surface area contributed by atoms with Crippen LogP contribution in [0.15, 0.2) is 26.6 Å². The van der Waals surface area contributed by atoms with E-state index in [-0.39, 0.29) is 5.91 Å². The van der Waals surface area contributed by atoms with E-state index in [0.717, 1.165) is 0 Å². The van der Waals surface area contributed by atoms with E-state index in [9.17, 15) is 4.79 Å². The Hall–Kier alpha value is -2.14. The van der Waals surface area contributed by atoms with Gasteiger partial charge in [0.2, 0.25) is 5.91 Å². The van der Waals surface area contributed by atoms with Gasteiger partial charge in [0.15, 0.2) is 5.82 Å². The van der Waals surface area contributed by atoms with Crippen LogP contribution in [0.5, 0.6) is 0 Å². The summed E-state index contributed by atoms with van der Waals surface area (Å²) in [5, 5.41) is 3.49. The fraction of sp³-hybridized carbons (Fsp3) is 0.500. The number of hydrogen-bond donors (Lipinski definition) is 0. The Morgan fingerprint density at radius 3 is 2.88 bits per heavy atom. The van der Waals surface area contributed by atoms with Gasteiger partial charge in [-0.25, -0.2) is 4.99 Å². The lowest BCUT2D eigenvalue weighted by Crippen LogP contribution is -2.32. The minimum absolute atomic E-state index is 0.286. The summed E-state index contributed by atoms with van der Waals surface area (Å²) >= 11 is 0. The Morgan fingerprint density at radius 2 is 2.35 bits per heavy atom. The molecule has 1 unspecified atom stereocenters. The predicted molar refractivity (Wildman–Crippen MR) is 65.7 cm³/mol. The zero-order valence-corrected chi connectivity index (χ0v) is 9.87. The van der Waals surface area contributed by atoms with Gasteiger partial charge in [-0.1, -0.05) is 5.11 Å². The third-order valence-corrected chi connectivity index (χ3v) is 2.47. The Labute approximate surface area is 99.2 Å². The molecule has 7 nitrogen and oxygen atoms in total. The molecule has 0 aromatic heterocycles. The molecule has 0 aromatic rings. The average Bonchev–Trinajstić information content (AvgIpc) is 2.42. The highest BCUT2D eigenvalue weighted by Crippen LogP contribution is 2.24. The molecule has 0 N–H and O–H groups in total. The lowest BCUT2D eigenvalue weighted by Gasteiger charge is -2.18. The summed E-state index contributed by atoms with van der Waals surface area (Å²) in [6, 6.07) is -0.702. The Morgan fingerprint density at radius 1 is 1.65 bits per heavy atom. The maximum atomic E-state index is 11.9. The van der Waals surface area contributed by atoms with Gasteiger partial charge in [-0.2, -0.15) is 0 Å². The Bertz CT molecular complexity index is 432. The molecule has 17 heavy (non-hydrogen) atoms. The molecule has 1 amide bonds. The van der Waals surface area contributed by atoms with E-state index in [2.05, 4.69) is 26.7 Å². The topological polar surface area (TPSA) is 93.8 Å². The average molecular weight is 234 g/mol. The van der Waals surface area contributed by atoms with Gasteiger partial charge in [0.05, 0.1) is 5.70 Å². The maximum Gasteiger partial charge on any atom is 0.236 e. The van der Waals surface area contributed by atoms with Crippen LogP contribution in [0.25, 0.3) is 10.4 Å². The summed E-state index contributed by atoms with van der Waals surface area (Å²) in [5.41, 5.74) is 9.09. The second kappa shape index (κ2) is 5.81. The van der Waals surface area contributed by atoms with Crippen LogP contribution in [-0.4, -0.2) is 36.8 Å². The van der Waals surface area contributed by atoms with Crippen molar-refractivity contribution in [1.82, 2.24) is 4.90 Å². The quantitative estimate of drug-likeness (QED) is 0.317. The van der Waals surface area contributed by atoms with Gasteiger partial charge < -0.3 is 0 Å². The first-order valence-electron chi connectivity index (χ1n) is 5.16. The molecule has 1 aliphatic heterocycles. The molecule has 1 heterocycles. The van der Waals surface area contributed by atoms with Crippen molar-refractivity contribution in [2.45, 2.75) is 25.8 Å². The molecule has 7 heteroatoms. The van der Waals surface area contributed by atoms with Crippen molar-refractivity contribution in [2.75, 3.05) is 7.05 Å². The summed E-state index contributed by atoms with van der Waals surface area (Å²) in [6.45, 7) is 5.22. The van der Waals surface area contributed by atoms with Crippen LogP contribution in [0, 0.1) is 0 Å². The van der Waals surface area contributed by atoms with Gasteiger partial charge in [0, 0.05) is 18.2 Å². The number of likely N-dealkylation sites (N-methyl/N-ethyl adjacent to an activating group) is 1. The van der Waals surface area contributed by atoms with Gasteiger partial charge >= 0.3 is 0 Å². The molecule has 0 radical (unpaired) electrons. The standard InChI is InChI=1S/C10H14N6O/c1-4-13-7-5-6-8(14-15-11)10(17)16(3)9(7)12-2/h4,8H,2,5-6H2,1,3H3/b13-4-. The summed E-state index contributed by atoms with van der Waals surface area (Å²) in [4.78, 5) is 23.9. The van der Waals surface area contributed by atoms with Crippen molar-refractivity contribution in [3.63, 3.8) is 0 Å². The zero-order chi connectivity index (χ0) is 12.8. The van der Waals surface area contributed by atoms with Crippen LogP contribution in [0.1, 0.15) is 19.8 Å². The summed E-state index contributed by atoms with van der Waals surface area (Å²) in [7, 11) is 1.57. The molecule has 0 spiro atoms. The number of allylic oxidation sites excluding steroid dienone is 1. The lowest BCUT2D eigenvalue weighted by molar-refractivity contribution is -0.129. The number of rotatable bonds is 3. The van der Waals surface area contributed by atoms with Gasteiger partial charge in [0.1, 0.15) is 6.04 Å². The first kappa shape index (κ1) is 12.9. The summed E-state index contributed by atoms with van der Waals surface area (Å²) in [5.74, 6) is 0.134. The van der Waals surface area contributed by atoms with Crippen molar-refractivity contribution in [3.8, 4) is 0 Å². The van der Waals surface area contributed by atoms with Crippen LogP contribution >= 0.6 is 0 Å². The fourth-order valence-corrected chi connectivity index (χ4v) is 1.68. The smallest absolute Gasteiger partial charge is 0.236 e. The number of amides is 1. The van der Waals surface area contributed by atoms with E-state index in [4.69, 9.17) is 5.53 Å². The molecule has 0 bridgehead atoms. The highest BCUT2D eigenvalue weighted by Gasteiger charge is 2.28. The SMILES string of the molecule is C=NC1=C(/N=C\C)CCC(N=[N+]=[N-])C(=O)N1C. The number of aliphatic imine (C=N–C) groups is 2. The van der Waals surface area contributed by atoms with Crippen molar-refractivity contribution >= 4 is 18.8 Å². The summed E-state index contributed by atoms with van der Waals surface area (Å²) < 4.78 is 0. The summed E-state index contributed by atoms with van der Waals surface area (Å²) in [6.07, 6.45) is 2.59. The van der Waals surface area contributed by atoms with Gasteiger partial charge in [0.25, 0.3) is 0 Å². The van der Waals surface area contributed by atoms with E-state index in [1.807, 2.05) is 0 Å². The molecular formula is C10H14N6O. The van der Waals surface area contributed by atoms with Crippen molar-refractivity contribution in [3.05, 3.63) is 22.0 Å². The number of carbonyl (C=O) groups is 1. The van der Waals surface area contributed by atoms with Gasteiger partial charge in [-0.15, -0.1) is 0 Å². The lowest BCUT2D eigenvalue weighted by atomic mass is 10.1. The van der Waals surface area contributed by atoms with E-state index in [1.54, 1.807) is 20.2 Å². The molecule has 1 rings (SSSR count). The van der Waals surface area contributed by atoms with Crippen LogP contribution in [0.4, 0.5) is 0 Å². The molecule has 1 atom stereocenters. The van der Waals surface area contributed by atoms with E-state index >= 15 is 0 Å². The van der Waals surface area contributed by atoms with Crippen molar-refractivity contribution in [1.29, 1.82) is 0 Å². The zero-order valence-electron chi connectivity index (χ0n) is 9.87. The highest BCUT2D eigenvalue weighted by atomic mass is 16.2. The van der Waals surface area contributed by atoms with Crippen LogP contribution in [-0.2, 0) is 4.79 Å².